The van der Waals surface area contributed by atoms with Gasteiger partial charge in [0.15, 0.2) is 17.2 Å². The molecule has 9 nitrogen and oxygen atoms in total. The van der Waals surface area contributed by atoms with Gasteiger partial charge in [-0.05, 0) is 46.5 Å². The highest BCUT2D eigenvalue weighted by molar-refractivity contribution is 6.29. The first-order chi connectivity index (χ1) is 15.6. The molecule has 0 spiro atoms. The second-order valence-electron chi connectivity index (χ2n) is 9.76. The number of rotatable bonds is 4. The van der Waals surface area contributed by atoms with Crippen LogP contribution in [0.5, 0.6) is 0 Å². The smallest absolute Gasteiger partial charge is 0.410 e. The Labute approximate surface area is 199 Å². The van der Waals surface area contributed by atoms with Crippen molar-refractivity contribution in [2.45, 2.75) is 52.6 Å². The van der Waals surface area contributed by atoms with E-state index < -0.39 is 5.60 Å². The van der Waals surface area contributed by atoms with E-state index in [0.29, 0.717) is 73.8 Å². The molecule has 0 saturated carbocycles. The van der Waals surface area contributed by atoms with Crippen LogP contribution in [0, 0.1) is 12.8 Å². The molecule has 4 rings (SSSR count). The second-order valence-corrected chi connectivity index (χ2v) is 10.2. The van der Waals surface area contributed by atoms with Gasteiger partial charge in [-0.1, -0.05) is 11.6 Å². The van der Waals surface area contributed by atoms with Crippen molar-refractivity contribution in [1.82, 2.24) is 19.3 Å². The Hall–Kier alpha value is -2.39. The highest BCUT2D eigenvalue weighted by atomic mass is 35.5. The number of fused-ring (bicyclic) bond motifs is 1. The van der Waals surface area contributed by atoms with Gasteiger partial charge in [-0.3, -0.25) is 9.20 Å². The molecule has 0 radical (unpaired) electrons. The molecule has 4 heterocycles. The predicted octanol–water partition coefficient (Wildman–Crippen LogP) is 3.75. The minimum absolute atomic E-state index is 0.0333. The summed E-state index contributed by atoms with van der Waals surface area (Å²) in [5.41, 5.74) is 1.35. The van der Waals surface area contributed by atoms with Gasteiger partial charge in [0.25, 0.3) is 0 Å². The first-order valence-corrected chi connectivity index (χ1v) is 11.9. The summed E-state index contributed by atoms with van der Waals surface area (Å²) in [4.78, 5) is 38.7. The molecule has 0 aliphatic carbocycles. The minimum Gasteiger partial charge on any atom is -0.444 e. The quantitative estimate of drug-likeness (QED) is 0.619. The van der Waals surface area contributed by atoms with Crippen molar-refractivity contribution in [3.8, 4) is 0 Å². The maximum atomic E-state index is 13.3. The summed E-state index contributed by atoms with van der Waals surface area (Å²) in [7, 11) is 0. The maximum absolute atomic E-state index is 13.3. The van der Waals surface area contributed by atoms with Crippen LogP contribution in [-0.2, 0) is 9.47 Å². The summed E-state index contributed by atoms with van der Waals surface area (Å²) in [6.45, 7) is 11.3. The van der Waals surface area contributed by atoms with E-state index in [0.717, 1.165) is 12.8 Å². The number of carbonyl (C=O) groups excluding carboxylic acids is 2. The van der Waals surface area contributed by atoms with Gasteiger partial charge in [0, 0.05) is 38.8 Å². The molecule has 2 aliphatic heterocycles. The topological polar surface area (TPSA) is 89.3 Å². The largest absolute Gasteiger partial charge is 0.444 e. The van der Waals surface area contributed by atoms with Crippen LogP contribution in [0.15, 0.2) is 6.20 Å². The number of Topliss-reactive ketones (excluding diaryl/α,β-unsaturated/α-hetero) is 1. The number of carbonyl (C=O) groups is 2. The molecule has 33 heavy (non-hydrogen) atoms. The zero-order valence-electron chi connectivity index (χ0n) is 19.8. The summed E-state index contributed by atoms with van der Waals surface area (Å²) >= 11 is 6.33. The molecule has 0 atom stereocenters. The molecule has 0 N–H and O–H groups in total. The Morgan fingerprint density at radius 3 is 2.45 bits per heavy atom. The first-order valence-electron chi connectivity index (χ1n) is 11.5. The number of amides is 1. The van der Waals surface area contributed by atoms with Gasteiger partial charge in [-0.25, -0.2) is 14.8 Å². The van der Waals surface area contributed by atoms with Crippen molar-refractivity contribution in [3.63, 3.8) is 0 Å². The zero-order valence-corrected chi connectivity index (χ0v) is 20.5. The van der Waals surface area contributed by atoms with Crippen LogP contribution in [0.1, 0.15) is 56.2 Å². The molecule has 2 aromatic rings. The summed E-state index contributed by atoms with van der Waals surface area (Å²) in [6, 6.07) is 0. The van der Waals surface area contributed by atoms with E-state index in [2.05, 4.69) is 14.9 Å². The van der Waals surface area contributed by atoms with Crippen LogP contribution in [0.25, 0.3) is 5.65 Å². The molecular weight excluding hydrogens is 446 g/mol. The van der Waals surface area contributed by atoms with Gasteiger partial charge in [-0.2, -0.15) is 0 Å². The molecule has 0 aromatic carbocycles. The second kappa shape index (κ2) is 9.46. The molecular formula is C23H32ClN5O4. The van der Waals surface area contributed by atoms with E-state index in [1.165, 1.54) is 0 Å². The van der Waals surface area contributed by atoms with Crippen LogP contribution in [0.4, 0.5) is 10.6 Å². The zero-order chi connectivity index (χ0) is 23.8. The van der Waals surface area contributed by atoms with Gasteiger partial charge in [-0.15, -0.1) is 0 Å². The number of nitrogens with zero attached hydrogens (tertiary/aromatic N) is 5. The van der Waals surface area contributed by atoms with Crippen LogP contribution in [0.2, 0.25) is 5.15 Å². The maximum Gasteiger partial charge on any atom is 0.410 e. The lowest BCUT2D eigenvalue weighted by atomic mass is 9.91. The highest BCUT2D eigenvalue weighted by Gasteiger charge is 2.30. The van der Waals surface area contributed by atoms with Crippen molar-refractivity contribution in [1.29, 1.82) is 0 Å². The van der Waals surface area contributed by atoms with Gasteiger partial charge in [0.2, 0.25) is 0 Å². The lowest BCUT2D eigenvalue weighted by Gasteiger charge is -2.33. The van der Waals surface area contributed by atoms with Crippen LogP contribution in [-0.4, -0.2) is 76.1 Å². The van der Waals surface area contributed by atoms with Crippen molar-refractivity contribution in [3.05, 3.63) is 22.7 Å². The lowest BCUT2D eigenvalue weighted by Crippen LogP contribution is -2.42. The molecule has 0 bridgehead atoms. The number of hydrogen-bond acceptors (Lipinski definition) is 7. The van der Waals surface area contributed by atoms with E-state index in [-0.39, 0.29) is 17.8 Å². The Kier molecular flexibility index (Phi) is 6.81. The Morgan fingerprint density at radius 1 is 1.15 bits per heavy atom. The van der Waals surface area contributed by atoms with E-state index in [1.54, 1.807) is 15.5 Å². The van der Waals surface area contributed by atoms with E-state index in [9.17, 15) is 9.59 Å². The summed E-state index contributed by atoms with van der Waals surface area (Å²) < 4.78 is 12.7. The number of hydrogen-bond donors (Lipinski definition) is 0. The van der Waals surface area contributed by atoms with E-state index >= 15 is 0 Å². The Bertz CT molecular complexity index is 1030. The number of piperidine rings is 1. The SMILES string of the molecule is Cc1nc2c(N3CCOCC3)nc(Cl)cn2c1C(=O)CC1CCN(C(=O)OC(C)(C)C)CC1. The number of aryl methyl sites for hydroxylation is 1. The molecule has 0 unspecified atom stereocenters. The average Bonchev–Trinajstić information content (AvgIpc) is 3.08. The van der Waals surface area contributed by atoms with E-state index in [1.807, 2.05) is 27.7 Å². The number of aromatic nitrogens is 3. The molecule has 2 aliphatic rings. The fourth-order valence-corrected chi connectivity index (χ4v) is 4.62. The minimum atomic E-state index is -0.513. The van der Waals surface area contributed by atoms with E-state index in [4.69, 9.17) is 21.1 Å². The number of morpholine rings is 1. The van der Waals surface area contributed by atoms with Gasteiger partial charge >= 0.3 is 6.09 Å². The predicted molar refractivity (Wildman–Crippen MR) is 125 cm³/mol. The molecule has 180 valence electrons. The number of halogens is 1. The van der Waals surface area contributed by atoms with Gasteiger partial charge < -0.3 is 19.3 Å². The Balaban J connectivity index is 1.47. The standard InChI is InChI=1S/C23H32ClN5O4/c1-15-19(17(30)13-16-5-7-28(8-6-16)22(31)33-23(2,3)4)29-14-18(24)26-20(21(29)25-15)27-9-11-32-12-10-27/h14,16H,5-13H2,1-4H3. The van der Waals surface area contributed by atoms with Gasteiger partial charge in [0.1, 0.15) is 16.4 Å². The molecule has 1 amide bonds. The summed E-state index contributed by atoms with van der Waals surface area (Å²) in [5, 5.41) is 0.320. The first kappa shape index (κ1) is 23.8. The van der Waals surface area contributed by atoms with Crippen molar-refractivity contribution < 1.29 is 19.1 Å². The van der Waals surface area contributed by atoms with Crippen LogP contribution < -0.4 is 4.90 Å². The molecule has 10 heteroatoms. The lowest BCUT2D eigenvalue weighted by molar-refractivity contribution is 0.0183. The van der Waals surface area contributed by atoms with Crippen molar-refractivity contribution in [2.75, 3.05) is 44.3 Å². The number of ether oxygens (including phenoxy) is 2. The third kappa shape index (κ3) is 5.41. The fraction of sp³-hybridized carbons (Fsp3) is 0.652. The molecule has 2 saturated heterocycles. The summed E-state index contributed by atoms with van der Waals surface area (Å²) in [5.74, 6) is 0.918. The normalized spacial score (nSPS) is 18.1. The highest BCUT2D eigenvalue weighted by Crippen LogP contribution is 2.28. The third-order valence-electron chi connectivity index (χ3n) is 6.05. The van der Waals surface area contributed by atoms with Crippen LogP contribution in [0.3, 0.4) is 0 Å². The van der Waals surface area contributed by atoms with Gasteiger partial charge in [0.05, 0.1) is 18.9 Å². The Morgan fingerprint density at radius 2 is 1.82 bits per heavy atom. The number of anilines is 1. The number of imidazole rings is 1. The monoisotopic (exact) mass is 477 g/mol. The number of ketones is 1. The van der Waals surface area contributed by atoms with Crippen molar-refractivity contribution in [2.24, 2.45) is 5.92 Å². The third-order valence-corrected chi connectivity index (χ3v) is 6.23. The molecule has 2 fully saturated rings. The number of likely N-dealkylation sites (tertiary alicyclic amines) is 1. The summed E-state index contributed by atoms with van der Waals surface area (Å²) in [6.07, 6.45) is 3.32. The van der Waals surface area contributed by atoms with Crippen LogP contribution >= 0.6 is 11.6 Å². The fourth-order valence-electron chi connectivity index (χ4n) is 4.44. The van der Waals surface area contributed by atoms with Crippen molar-refractivity contribution >= 4 is 34.9 Å². The molecule has 2 aromatic heterocycles. The average molecular weight is 478 g/mol.